The lowest BCUT2D eigenvalue weighted by Crippen LogP contribution is -2.35. The molecule has 1 aromatic carbocycles. The summed E-state index contributed by atoms with van der Waals surface area (Å²) in [5.74, 6) is 0.998. The van der Waals surface area contributed by atoms with Crippen molar-refractivity contribution in [2.75, 3.05) is 31.6 Å². The molecule has 0 fully saturated rings. The van der Waals surface area contributed by atoms with Crippen molar-refractivity contribution in [3.63, 3.8) is 0 Å². The summed E-state index contributed by atoms with van der Waals surface area (Å²) in [6.45, 7) is 8.71. The molecule has 0 bridgehead atoms. The second kappa shape index (κ2) is 9.23. The van der Waals surface area contributed by atoms with E-state index in [0.717, 1.165) is 44.0 Å². The van der Waals surface area contributed by atoms with Crippen molar-refractivity contribution >= 4 is 11.6 Å². The number of rotatable bonds is 9. The highest BCUT2D eigenvalue weighted by Gasteiger charge is 2.08. The van der Waals surface area contributed by atoms with Crippen LogP contribution in [0.3, 0.4) is 0 Å². The fraction of sp³-hybridized carbons (Fsp3) is 0.562. The van der Waals surface area contributed by atoms with Gasteiger partial charge < -0.3 is 15.0 Å². The van der Waals surface area contributed by atoms with Crippen molar-refractivity contribution < 1.29 is 9.53 Å². The number of amides is 1. The van der Waals surface area contributed by atoms with Crippen molar-refractivity contribution in [1.29, 1.82) is 0 Å². The minimum absolute atomic E-state index is 0.123. The normalized spacial score (nSPS) is 10.2. The Labute approximate surface area is 122 Å². The van der Waals surface area contributed by atoms with E-state index < -0.39 is 0 Å². The molecule has 1 amide bonds. The topological polar surface area (TPSA) is 41.6 Å². The molecule has 0 spiro atoms. The fourth-order valence-electron chi connectivity index (χ4n) is 1.87. The first-order chi connectivity index (χ1) is 9.71. The van der Waals surface area contributed by atoms with E-state index in [1.54, 1.807) is 0 Å². The Kier molecular flexibility index (Phi) is 7.55. The monoisotopic (exact) mass is 278 g/mol. The first kappa shape index (κ1) is 16.3. The Hall–Kier alpha value is -1.71. The molecule has 0 heterocycles. The molecule has 0 aliphatic heterocycles. The summed E-state index contributed by atoms with van der Waals surface area (Å²) in [7, 11) is 0. The van der Waals surface area contributed by atoms with Crippen LogP contribution in [-0.2, 0) is 4.79 Å². The Morgan fingerprint density at radius 1 is 1.15 bits per heavy atom. The van der Waals surface area contributed by atoms with Gasteiger partial charge in [-0.15, -0.1) is 0 Å². The van der Waals surface area contributed by atoms with Crippen molar-refractivity contribution in [3.8, 4) is 5.75 Å². The summed E-state index contributed by atoms with van der Waals surface area (Å²) < 4.78 is 5.60. The van der Waals surface area contributed by atoms with Gasteiger partial charge >= 0.3 is 0 Å². The molecule has 0 atom stereocenters. The predicted molar refractivity (Wildman–Crippen MR) is 83.3 cm³/mol. The van der Waals surface area contributed by atoms with Crippen LogP contribution in [0.1, 0.15) is 33.6 Å². The van der Waals surface area contributed by atoms with Crippen LogP contribution in [0.15, 0.2) is 24.3 Å². The molecule has 0 saturated heterocycles. The fourth-order valence-corrected chi connectivity index (χ4v) is 1.87. The number of hydrogen-bond donors (Lipinski definition) is 1. The molecule has 0 radical (unpaired) electrons. The minimum Gasteiger partial charge on any atom is -0.494 e. The van der Waals surface area contributed by atoms with Crippen molar-refractivity contribution in [3.05, 3.63) is 24.3 Å². The number of carbonyl (C=O) groups is 1. The average Bonchev–Trinajstić information content (AvgIpc) is 2.48. The van der Waals surface area contributed by atoms with Gasteiger partial charge in [-0.2, -0.15) is 0 Å². The van der Waals surface area contributed by atoms with E-state index in [1.807, 2.05) is 43.0 Å². The van der Waals surface area contributed by atoms with Crippen LogP contribution < -0.4 is 10.1 Å². The van der Waals surface area contributed by atoms with Crippen molar-refractivity contribution in [2.45, 2.75) is 33.6 Å². The highest BCUT2D eigenvalue weighted by atomic mass is 16.5. The number of nitrogens with one attached hydrogen (secondary N) is 1. The maximum absolute atomic E-state index is 11.9. The Morgan fingerprint density at radius 2 is 1.80 bits per heavy atom. The Balaban J connectivity index is 2.39. The van der Waals surface area contributed by atoms with E-state index in [0.29, 0.717) is 6.54 Å². The third kappa shape index (κ3) is 5.51. The van der Waals surface area contributed by atoms with Gasteiger partial charge in [-0.05, 0) is 44.5 Å². The van der Waals surface area contributed by atoms with Gasteiger partial charge in [0.2, 0.25) is 5.91 Å². The van der Waals surface area contributed by atoms with Crippen LogP contribution >= 0.6 is 0 Å². The molecule has 4 nitrogen and oxygen atoms in total. The zero-order chi connectivity index (χ0) is 14.8. The van der Waals surface area contributed by atoms with Crippen LogP contribution in [0.4, 0.5) is 5.69 Å². The molecule has 0 aliphatic rings. The quantitative estimate of drug-likeness (QED) is 0.706. The number of carbonyl (C=O) groups excluding carboxylic acids is 1. The largest absolute Gasteiger partial charge is 0.494 e. The minimum atomic E-state index is 0.123. The summed E-state index contributed by atoms with van der Waals surface area (Å²) >= 11 is 0. The second-order valence-electron chi connectivity index (χ2n) is 4.65. The van der Waals surface area contributed by atoms with E-state index in [2.05, 4.69) is 12.2 Å². The van der Waals surface area contributed by atoms with E-state index >= 15 is 0 Å². The van der Waals surface area contributed by atoms with Gasteiger partial charge in [-0.1, -0.05) is 13.3 Å². The Morgan fingerprint density at radius 3 is 2.35 bits per heavy atom. The zero-order valence-corrected chi connectivity index (χ0v) is 12.8. The SMILES string of the molecule is CCCCOc1ccc(NCC(=O)N(CC)CC)cc1. The van der Waals surface area contributed by atoms with E-state index in [4.69, 9.17) is 4.74 Å². The smallest absolute Gasteiger partial charge is 0.241 e. The molecular weight excluding hydrogens is 252 g/mol. The third-order valence-electron chi connectivity index (χ3n) is 3.18. The molecular formula is C16H26N2O2. The maximum Gasteiger partial charge on any atom is 0.241 e. The van der Waals surface area contributed by atoms with Crippen LogP contribution in [0.2, 0.25) is 0 Å². The van der Waals surface area contributed by atoms with E-state index in [-0.39, 0.29) is 5.91 Å². The highest BCUT2D eigenvalue weighted by Crippen LogP contribution is 2.15. The van der Waals surface area contributed by atoms with Crippen LogP contribution in [0.25, 0.3) is 0 Å². The van der Waals surface area contributed by atoms with Crippen LogP contribution in [-0.4, -0.2) is 37.0 Å². The van der Waals surface area contributed by atoms with E-state index in [1.165, 1.54) is 0 Å². The van der Waals surface area contributed by atoms with Gasteiger partial charge in [0.25, 0.3) is 0 Å². The number of anilines is 1. The number of likely N-dealkylation sites (N-methyl/N-ethyl adjacent to an activating group) is 1. The third-order valence-corrected chi connectivity index (χ3v) is 3.18. The summed E-state index contributed by atoms with van der Waals surface area (Å²) in [4.78, 5) is 13.7. The lowest BCUT2D eigenvalue weighted by Gasteiger charge is -2.19. The van der Waals surface area contributed by atoms with Crippen molar-refractivity contribution in [1.82, 2.24) is 4.90 Å². The molecule has 4 heteroatoms. The zero-order valence-electron chi connectivity index (χ0n) is 12.8. The highest BCUT2D eigenvalue weighted by molar-refractivity contribution is 5.80. The molecule has 112 valence electrons. The van der Waals surface area contributed by atoms with Gasteiger partial charge in [0.1, 0.15) is 5.75 Å². The molecule has 0 unspecified atom stereocenters. The molecule has 1 aromatic rings. The number of benzene rings is 1. The maximum atomic E-state index is 11.9. The lowest BCUT2D eigenvalue weighted by atomic mass is 10.3. The van der Waals surface area contributed by atoms with E-state index in [9.17, 15) is 4.79 Å². The summed E-state index contributed by atoms with van der Waals surface area (Å²) in [5.41, 5.74) is 0.938. The molecule has 0 aromatic heterocycles. The first-order valence-electron chi connectivity index (χ1n) is 7.45. The van der Waals surface area contributed by atoms with Crippen LogP contribution in [0, 0.1) is 0 Å². The van der Waals surface area contributed by atoms with Crippen molar-refractivity contribution in [2.24, 2.45) is 0 Å². The van der Waals surface area contributed by atoms with Gasteiger partial charge in [0, 0.05) is 18.8 Å². The second-order valence-corrected chi connectivity index (χ2v) is 4.65. The van der Waals surface area contributed by atoms with Gasteiger partial charge in [0.15, 0.2) is 0 Å². The van der Waals surface area contributed by atoms with Gasteiger partial charge in [0.05, 0.1) is 13.2 Å². The predicted octanol–water partition coefficient (Wildman–Crippen LogP) is 3.15. The Bertz CT molecular complexity index is 386. The first-order valence-corrected chi connectivity index (χ1v) is 7.45. The van der Waals surface area contributed by atoms with Gasteiger partial charge in [-0.3, -0.25) is 4.79 Å². The number of hydrogen-bond acceptors (Lipinski definition) is 3. The van der Waals surface area contributed by atoms with Gasteiger partial charge in [-0.25, -0.2) is 0 Å². The average molecular weight is 278 g/mol. The standard InChI is InChI=1S/C16H26N2O2/c1-4-7-12-20-15-10-8-14(9-11-15)17-13-16(19)18(5-2)6-3/h8-11,17H,4-7,12-13H2,1-3H3. The molecule has 0 aliphatic carbocycles. The summed E-state index contributed by atoms with van der Waals surface area (Å²) in [6.07, 6.45) is 2.20. The number of unbranched alkanes of at least 4 members (excludes halogenated alkanes) is 1. The van der Waals surface area contributed by atoms with Crippen LogP contribution in [0.5, 0.6) is 5.75 Å². The molecule has 1 N–H and O–H groups in total. The molecule has 0 saturated carbocycles. The lowest BCUT2D eigenvalue weighted by molar-refractivity contribution is -0.128. The molecule has 1 rings (SSSR count). The number of ether oxygens (including phenoxy) is 1. The molecule has 20 heavy (non-hydrogen) atoms. The summed E-state index contributed by atoms with van der Waals surface area (Å²) in [6, 6.07) is 7.74. The summed E-state index contributed by atoms with van der Waals surface area (Å²) in [5, 5.41) is 3.14. The number of nitrogens with zero attached hydrogens (tertiary/aromatic N) is 1.